The van der Waals surface area contributed by atoms with Gasteiger partial charge in [-0.15, -0.1) is 13.1 Å². The molecule has 14 rings (SSSR count). The molecular formula is C95H122N10Zn2. The average molecular weight is 1530 g/mol. The van der Waals surface area contributed by atoms with E-state index in [-0.39, 0.29) is 39.0 Å². The third-order valence-electron chi connectivity index (χ3n) is 21.7. The summed E-state index contributed by atoms with van der Waals surface area (Å²) in [6.07, 6.45) is 38.5. The molecule has 107 heavy (non-hydrogen) atoms. The zero-order valence-corrected chi connectivity index (χ0v) is 70.7. The van der Waals surface area contributed by atoms with E-state index in [9.17, 15) is 0 Å². The molecule has 0 unspecified atom stereocenters. The Labute approximate surface area is 671 Å². The molecule has 0 spiro atoms. The van der Waals surface area contributed by atoms with Crippen molar-refractivity contribution in [2.24, 2.45) is 15.0 Å². The van der Waals surface area contributed by atoms with Gasteiger partial charge < -0.3 is 50.9 Å². The van der Waals surface area contributed by atoms with E-state index in [2.05, 4.69) is 226 Å². The molecule has 12 heteroatoms. The fourth-order valence-corrected chi connectivity index (χ4v) is 15.7. The predicted molar refractivity (Wildman–Crippen MR) is 444 cm³/mol. The first-order valence-corrected chi connectivity index (χ1v) is 41.1. The van der Waals surface area contributed by atoms with Crippen molar-refractivity contribution in [1.29, 1.82) is 0 Å². The van der Waals surface area contributed by atoms with Gasteiger partial charge in [-0.25, -0.2) is 0 Å². The van der Waals surface area contributed by atoms with Crippen LogP contribution in [0.15, 0.2) is 258 Å². The van der Waals surface area contributed by atoms with Gasteiger partial charge in [-0.05, 0) is 186 Å². The van der Waals surface area contributed by atoms with Crippen LogP contribution in [0.25, 0.3) is 21.3 Å². The average Bonchev–Trinajstić information content (AvgIpc) is 0.858. The van der Waals surface area contributed by atoms with Crippen molar-refractivity contribution in [3.05, 3.63) is 308 Å². The van der Waals surface area contributed by atoms with Gasteiger partial charge in [0, 0.05) is 17.9 Å². The fourth-order valence-electron chi connectivity index (χ4n) is 15.7. The Morgan fingerprint density at radius 1 is 0.224 bits per heavy atom. The van der Waals surface area contributed by atoms with Crippen LogP contribution >= 0.6 is 0 Å². The maximum Gasteiger partial charge on any atom is 2.00 e. The maximum absolute atomic E-state index is 5.30. The molecule has 0 saturated heterocycles. The number of guanidine groups is 3. The summed E-state index contributed by atoms with van der Waals surface area (Å²) in [4.78, 5) is 23.2. The molecule has 0 N–H and O–H groups in total. The van der Waals surface area contributed by atoms with Crippen LogP contribution in [0.5, 0.6) is 0 Å². The molecule has 0 bridgehead atoms. The van der Waals surface area contributed by atoms with Crippen LogP contribution in [0.3, 0.4) is 0 Å². The van der Waals surface area contributed by atoms with Crippen LogP contribution in [0.4, 0.5) is 0 Å². The van der Waals surface area contributed by atoms with Crippen molar-refractivity contribution in [2.75, 3.05) is 0 Å². The summed E-state index contributed by atoms with van der Waals surface area (Å²) in [5.74, 6) is 3.00. The zero-order valence-electron chi connectivity index (χ0n) is 64.8. The van der Waals surface area contributed by atoms with Gasteiger partial charge in [-0.2, -0.15) is 0 Å². The Morgan fingerprint density at radius 2 is 0.393 bits per heavy atom. The minimum absolute atomic E-state index is 0. The SMILES string of the molecule is [Zn+2].[Zn+2].c1ccc(CN(Cc2ccccc2)C(=NC2CCCCC2)[N-]C2CCCCC2)cc1.c1ccc(CN(Cc2ccccc2)C(=NC2CCCCC2)[N-]C2CCCCC2)cc1.c1ccc(CN(Cc2ccccc2)C(=NC2CCCCC2)[N-]C2CCCCC2)cc1.c1ccc(C[N-]Cc2ccccc2)cc1. The second kappa shape index (κ2) is 49.7. The first-order chi connectivity index (χ1) is 52.0. The summed E-state index contributed by atoms with van der Waals surface area (Å²) in [5, 5.41) is 20.4. The Hall–Kier alpha value is -7.22. The summed E-state index contributed by atoms with van der Waals surface area (Å²) in [6, 6.07) is 88.1. The zero-order chi connectivity index (χ0) is 71.7. The van der Waals surface area contributed by atoms with Crippen molar-refractivity contribution in [2.45, 2.75) is 281 Å². The molecule has 0 atom stereocenters. The summed E-state index contributed by atoms with van der Waals surface area (Å²) >= 11 is 0. The van der Waals surface area contributed by atoms with E-state index in [0.29, 0.717) is 36.3 Å². The third kappa shape index (κ3) is 31.7. The quantitative estimate of drug-likeness (QED) is 0.0383. The number of benzene rings is 8. The van der Waals surface area contributed by atoms with Gasteiger partial charge in [0.2, 0.25) is 0 Å². The van der Waals surface area contributed by atoms with Gasteiger partial charge in [-0.1, -0.05) is 369 Å². The van der Waals surface area contributed by atoms with Crippen LogP contribution in [0.2, 0.25) is 0 Å². The van der Waals surface area contributed by atoms with Crippen molar-refractivity contribution in [1.82, 2.24) is 14.7 Å². The number of hydrogen-bond acceptors (Lipinski definition) is 3. The van der Waals surface area contributed by atoms with Crippen LogP contribution in [-0.2, 0) is 91.3 Å². The van der Waals surface area contributed by atoms with Gasteiger partial charge in [0.05, 0.1) is 0 Å². The molecule has 0 aliphatic heterocycles. The van der Waals surface area contributed by atoms with Crippen molar-refractivity contribution in [3.63, 3.8) is 0 Å². The van der Waals surface area contributed by atoms with Crippen molar-refractivity contribution in [3.8, 4) is 0 Å². The van der Waals surface area contributed by atoms with E-state index in [1.807, 2.05) is 36.4 Å². The first-order valence-electron chi connectivity index (χ1n) is 41.1. The van der Waals surface area contributed by atoms with E-state index in [0.717, 1.165) is 70.2 Å². The van der Waals surface area contributed by atoms with Crippen molar-refractivity contribution >= 4 is 17.9 Å². The van der Waals surface area contributed by atoms with E-state index in [1.165, 1.54) is 237 Å². The van der Waals surface area contributed by atoms with Gasteiger partial charge >= 0.3 is 39.0 Å². The molecule has 8 aromatic rings. The standard InChI is InChI=1S/3C27H36N3.C14H14N.2Zn/c3*1-5-13-23(14-6-1)21-30(22-24-15-7-2-8-16-24)27(28-25-17-9-3-10-18-25)29-26-19-11-4-12-20-26;1-3-7-13(8-4-1)11-15-12-14-9-5-2-6-10-14;;/h3*1-2,5-8,13-16,25-26H,3-4,9-12,17-22H2;1-10H,11-12H2;;/q4*-1;2*+2. The molecule has 6 saturated carbocycles. The molecule has 6 aliphatic rings. The fraction of sp³-hybridized carbons (Fsp3) is 0.463. The molecular weight excluding hydrogens is 1410 g/mol. The molecule has 556 valence electrons. The van der Waals surface area contributed by atoms with Gasteiger partial charge in [0.1, 0.15) is 0 Å². The first kappa shape index (κ1) is 83.8. The normalized spacial score (nSPS) is 17.3. The Bertz CT molecular complexity index is 3150. The van der Waals surface area contributed by atoms with Crippen LogP contribution < -0.4 is 0 Å². The molecule has 0 amide bonds. The second-order valence-corrected chi connectivity index (χ2v) is 30.4. The smallest absolute Gasteiger partial charge is 0.655 e. The summed E-state index contributed by atoms with van der Waals surface area (Å²) in [5.41, 5.74) is 10.5. The number of nitrogens with zero attached hydrogens (tertiary/aromatic N) is 10. The predicted octanol–water partition coefficient (Wildman–Crippen LogP) is 25.0. The summed E-state index contributed by atoms with van der Waals surface area (Å²) in [6.45, 7) is 6.75. The summed E-state index contributed by atoms with van der Waals surface area (Å²) < 4.78 is 0. The van der Waals surface area contributed by atoms with Crippen LogP contribution in [0, 0.1) is 0 Å². The number of rotatable bonds is 22. The number of hydrogen-bond donors (Lipinski definition) is 0. The van der Waals surface area contributed by atoms with Gasteiger partial charge in [0.15, 0.2) is 0 Å². The molecule has 6 aliphatic carbocycles. The Morgan fingerprint density at radius 3 is 0.579 bits per heavy atom. The topological polar surface area (TPSA) is 103 Å². The Balaban J connectivity index is 0.000000168. The van der Waals surface area contributed by atoms with E-state index in [4.69, 9.17) is 30.9 Å². The molecule has 8 aromatic carbocycles. The monoisotopic (exact) mass is 1530 g/mol. The van der Waals surface area contributed by atoms with E-state index >= 15 is 0 Å². The second-order valence-electron chi connectivity index (χ2n) is 30.4. The van der Waals surface area contributed by atoms with E-state index < -0.39 is 0 Å². The minimum Gasteiger partial charge on any atom is -0.655 e. The number of aliphatic imine (C=N–C) groups is 3. The Kier molecular flexibility index (Phi) is 39.0. The molecule has 10 nitrogen and oxygen atoms in total. The third-order valence-corrected chi connectivity index (χ3v) is 21.7. The molecule has 0 radical (unpaired) electrons. The van der Waals surface area contributed by atoms with Crippen LogP contribution in [-0.4, -0.2) is 68.8 Å². The largest absolute Gasteiger partial charge is 2.00 e. The van der Waals surface area contributed by atoms with Crippen LogP contribution in [0.1, 0.15) is 237 Å². The minimum atomic E-state index is 0. The maximum atomic E-state index is 5.30. The molecule has 0 heterocycles. The van der Waals surface area contributed by atoms with E-state index in [1.54, 1.807) is 0 Å². The van der Waals surface area contributed by atoms with Crippen molar-refractivity contribution < 1.29 is 39.0 Å². The van der Waals surface area contributed by atoms with Gasteiger partial charge in [-0.3, -0.25) is 0 Å². The molecule has 0 aromatic heterocycles. The van der Waals surface area contributed by atoms with Gasteiger partial charge in [0.25, 0.3) is 0 Å². The molecule has 6 fully saturated rings. The summed E-state index contributed by atoms with van der Waals surface area (Å²) in [7, 11) is 0.